The van der Waals surface area contributed by atoms with Crippen molar-refractivity contribution in [2.45, 2.75) is 64.5 Å². The Hall–Kier alpha value is -0.120. The summed E-state index contributed by atoms with van der Waals surface area (Å²) in [5.41, 5.74) is 0. The van der Waals surface area contributed by atoms with Crippen molar-refractivity contribution in [3.63, 3.8) is 0 Å². The van der Waals surface area contributed by atoms with Crippen molar-refractivity contribution in [3.8, 4) is 0 Å². The fraction of sp³-hybridized carbons (Fsp3) is 1.00. The maximum Gasteiger partial charge on any atom is 0.0431 e. The molecule has 1 saturated heterocycles. The summed E-state index contributed by atoms with van der Waals surface area (Å²) in [7, 11) is 0. The molecule has 3 nitrogen and oxygen atoms in total. The smallest absolute Gasteiger partial charge is 0.0431 e. The van der Waals surface area contributed by atoms with Crippen molar-refractivity contribution >= 4 is 0 Å². The molecule has 2 unspecified atom stereocenters. The Balaban J connectivity index is 1.83. The summed E-state index contributed by atoms with van der Waals surface area (Å²) in [6.45, 7) is 8.56. The van der Waals surface area contributed by atoms with E-state index in [1.165, 1.54) is 45.2 Å². The Bertz CT molecular complexity index is 253. The van der Waals surface area contributed by atoms with E-state index < -0.39 is 0 Å². The molecule has 1 aliphatic carbocycles. The van der Waals surface area contributed by atoms with E-state index in [9.17, 15) is 0 Å². The molecule has 1 saturated carbocycles. The first kappa shape index (κ1) is 15.3. The lowest BCUT2D eigenvalue weighted by Gasteiger charge is -2.45. The molecule has 1 heterocycles. The van der Waals surface area contributed by atoms with Crippen LogP contribution in [0.1, 0.15) is 52.4 Å². The minimum Gasteiger partial charge on any atom is -0.396 e. The Morgan fingerprint density at radius 2 is 2.05 bits per heavy atom. The second kappa shape index (κ2) is 7.61. The van der Waals surface area contributed by atoms with Crippen molar-refractivity contribution in [2.75, 3.05) is 26.2 Å². The predicted octanol–water partition coefficient (Wildman–Crippen LogP) is 2.25. The van der Waals surface area contributed by atoms with Crippen LogP contribution in [0.15, 0.2) is 0 Å². The third kappa shape index (κ3) is 4.73. The monoisotopic (exact) mass is 268 g/mol. The van der Waals surface area contributed by atoms with Crippen molar-refractivity contribution in [2.24, 2.45) is 11.8 Å². The molecule has 1 aliphatic heterocycles. The van der Waals surface area contributed by atoms with Crippen LogP contribution < -0.4 is 5.32 Å². The minimum atomic E-state index is 0.351. The molecule has 2 atom stereocenters. The maximum atomic E-state index is 9.04. The highest BCUT2D eigenvalue weighted by atomic mass is 16.2. The molecule has 2 fully saturated rings. The van der Waals surface area contributed by atoms with Gasteiger partial charge in [-0.05, 0) is 50.5 Å². The molecule has 2 aliphatic rings. The number of hydrogen-bond acceptors (Lipinski definition) is 3. The second-order valence-electron chi connectivity index (χ2n) is 7.01. The van der Waals surface area contributed by atoms with Crippen LogP contribution in [-0.2, 0) is 0 Å². The Kier molecular flexibility index (Phi) is 6.11. The normalized spacial score (nSPS) is 29.7. The molecule has 0 spiro atoms. The zero-order valence-corrected chi connectivity index (χ0v) is 12.8. The van der Waals surface area contributed by atoms with Gasteiger partial charge < -0.3 is 10.4 Å². The molecular weight excluding hydrogens is 236 g/mol. The fourth-order valence-corrected chi connectivity index (χ4v) is 3.43. The summed E-state index contributed by atoms with van der Waals surface area (Å²) in [4.78, 5) is 2.73. The molecule has 0 bridgehead atoms. The summed E-state index contributed by atoms with van der Waals surface area (Å²) in [6.07, 6.45) is 7.70. The van der Waals surface area contributed by atoms with Gasteiger partial charge in [-0.2, -0.15) is 0 Å². The lowest BCUT2D eigenvalue weighted by molar-refractivity contribution is 0.0536. The largest absolute Gasteiger partial charge is 0.396 e. The molecule has 0 aromatic rings. The topological polar surface area (TPSA) is 35.5 Å². The van der Waals surface area contributed by atoms with E-state index in [2.05, 4.69) is 24.1 Å². The highest BCUT2D eigenvalue weighted by Crippen LogP contribution is 2.30. The van der Waals surface area contributed by atoms with Crippen LogP contribution in [0.3, 0.4) is 0 Å². The van der Waals surface area contributed by atoms with Gasteiger partial charge in [0.1, 0.15) is 0 Å². The summed E-state index contributed by atoms with van der Waals surface area (Å²) in [5.74, 6) is 1.51. The number of hydrogen-bond donors (Lipinski definition) is 2. The Morgan fingerprint density at radius 3 is 2.63 bits per heavy atom. The van der Waals surface area contributed by atoms with Crippen molar-refractivity contribution in [3.05, 3.63) is 0 Å². The molecule has 112 valence electrons. The van der Waals surface area contributed by atoms with E-state index in [0.29, 0.717) is 12.6 Å². The first-order valence-corrected chi connectivity index (χ1v) is 8.27. The van der Waals surface area contributed by atoms with Gasteiger partial charge in [0.05, 0.1) is 0 Å². The van der Waals surface area contributed by atoms with Gasteiger partial charge in [-0.15, -0.1) is 0 Å². The molecule has 3 heteroatoms. The number of nitrogens with zero attached hydrogens (tertiary/aromatic N) is 1. The van der Waals surface area contributed by atoms with Gasteiger partial charge in [-0.1, -0.05) is 20.3 Å². The average molecular weight is 268 g/mol. The maximum absolute atomic E-state index is 9.04. The highest BCUT2D eigenvalue weighted by molar-refractivity contribution is 4.90. The first-order chi connectivity index (χ1) is 9.19. The van der Waals surface area contributed by atoms with Crippen LogP contribution in [0.25, 0.3) is 0 Å². The van der Waals surface area contributed by atoms with E-state index >= 15 is 0 Å². The van der Waals surface area contributed by atoms with E-state index in [-0.39, 0.29) is 0 Å². The van der Waals surface area contributed by atoms with Crippen LogP contribution in [0.5, 0.6) is 0 Å². The van der Waals surface area contributed by atoms with Gasteiger partial charge in [0.15, 0.2) is 0 Å². The zero-order chi connectivity index (χ0) is 13.7. The molecule has 0 amide bonds. The molecule has 0 radical (unpaired) electrons. The predicted molar refractivity (Wildman–Crippen MR) is 80.3 cm³/mol. The lowest BCUT2D eigenvalue weighted by Crippen LogP contribution is -2.54. The fourth-order valence-electron chi connectivity index (χ4n) is 3.43. The van der Waals surface area contributed by atoms with Gasteiger partial charge in [-0.3, -0.25) is 4.90 Å². The Morgan fingerprint density at radius 1 is 1.26 bits per heavy atom. The number of aliphatic hydroxyl groups is 1. The number of aliphatic hydroxyl groups excluding tert-OH is 1. The van der Waals surface area contributed by atoms with E-state index in [0.717, 1.165) is 30.8 Å². The second-order valence-corrected chi connectivity index (χ2v) is 7.01. The summed E-state index contributed by atoms with van der Waals surface area (Å²) < 4.78 is 0. The van der Waals surface area contributed by atoms with E-state index in [1.807, 2.05) is 0 Å². The third-order valence-electron chi connectivity index (χ3n) is 4.74. The number of rotatable bonds is 7. The van der Waals surface area contributed by atoms with Gasteiger partial charge in [-0.25, -0.2) is 0 Å². The molecular formula is C16H32N2O. The number of likely N-dealkylation sites (tertiary alicyclic amines) is 1. The standard InChI is InChI=1S/C16H32N2O/c1-13(2)10-17-15-9-14(5-4-8-19)11-18(12-15)16-6-3-7-16/h13-17,19H,3-12H2,1-2H3. The SMILES string of the molecule is CC(C)CNC1CC(CCCO)CN(C2CCC2)C1. The third-order valence-corrected chi connectivity index (χ3v) is 4.74. The zero-order valence-electron chi connectivity index (χ0n) is 12.8. The van der Waals surface area contributed by atoms with Crippen LogP contribution in [0, 0.1) is 11.8 Å². The lowest BCUT2D eigenvalue weighted by atomic mass is 9.85. The summed E-state index contributed by atoms with van der Waals surface area (Å²) in [5, 5.41) is 12.8. The summed E-state index contributed by atoms with van der Waals surface area (Å²) in [6, 6.07) is 1.53. The first-order valence-electron chi connectivity index (χ1n) is 8.27. The number of piperidine rings is 1. The summed E-state index contributed by atoms with van der Waals surface area (Å²) >= 11 is 0. The van der Waals surface area contributed by atoms with Crippen LogP contribution >= 0.6 is 0 Å². The van der Waals surface area contributed by atoms with Crippen LogP contribution in [0.4, 0.5) is 0 Å². The molecule has 19 heavy (non-hydrogen) atoms. The van der Waals surface area contributed by atoms with E-state index in [1.54, 1.807) is 0 Å². The van der Waals surface area contributed by atoms with Crippen LogP contribution in [0.2, 0.25) is 0 Å². The average Bonchev–Trinajstić information content (AvgIpc) is 2.31. The molecule has 2 rings (SSSR count). The van der Waals surface area contributed by atoms with Crippen molar-refractivity contribution in [1.82, 2.24) is 10.2 Å². The Labute approximate surface area is 118 Å². The van der Waals surface area contributed by atoms with E-state index in [4.69, 9.17) is 5.11 Å². The van der Waals surface area contributed by atoms with Gasteiger partial charge in [0, 0.05) is 31.8 Å². The highest BCUT2D eigenvalue weighted by Gasteiger charge is 2.33. The molecule has 0 aromatic carbocycles. The molecule has 0 aromatic heterocycles. The van der Waals surface area contributed by atoms with Gasteiger partial charge >= 0.3 is 0 Å². The molecule has 2 N–H and O–H groups in total. The quantitative estimate of drug-likeness (QED) is 0.743. The van der Waals surface area contributed by atoms with Gasteiger partial charge in [0.2, 0.25) is 0 Å². The van der Waals surface area contributed by atoms with Gasteiger partial charge in [0.25, 0.3) is 0 Å². The minimum absolute atomic E-state index is 0.351. The van der Waals surface area contributed by atoms with Crippen molar-refractivity contribution < 1.29 is 5.11 Å². The number of nitrogens with one attached hydrogen (secondary N) is 1. The van der Waals surface area contributed by atoms with Crippen LogP contribution in [-0.4, -0.2) is 48.3 Å². The van der Waals surface area contributed by atoms with Crippen molar-refractivity contribution in [1.29, 1.82) is 0 Å².